The molecule has 0 N–H and O–H groups in total. The second-order valence-electron chi connectivity index (χ2n) is 5.98. The van der Waals surface area contributed by atoms with Crippen molar-refractivity contribution in [2.45, 2.75) is 37.3 Å². The van der Waals surface area contributed by atoms with Crippen molar-refractivity contribution in [1.82, 2.24) is 4.90 Å². The summed E-state index contributed by atoms with van der Waals surface area (Å²) in [7, 11) is 0. The molecular formula is C17H19NO4. The highest BCUT2D eigenvalue weighted by atomic mass is 16.7. The minimum absolute atomic E-state index is 0.000114. The van der Waals surface area contributed by atoms with E-state index in [1.54, 1.807) is 4.90 Å². The average molecular weight is 301 g/mol. The Balaban J connectivity index is 1.40. The quantitative estimate of drug-likeness (QED) is 0.787. The second-order valence-corrected chi connectivity index (χ2v) is 5.98. The molecule has 2 bridgehead atoms. The van der Waals surface area contributed by atoms with E-state index in [1.165, 1.54) is 0 Å². The predicted molar refractivity (Wildman–Crippen MR) is 79.1 cm³/mol. The molecule has 1 amide bonds. The van der Waals surface area contributed by atoms with Crippen LogP contribution in [0.25, 0.3) is 0 Å². The Morgan fingerprint density at radius 1 is 1.14 bits per heavy atom. The van der Waals surface area contributed by atoms with Gasteiger partial charge in [0.2, 0.25) is 0 Å². The first kappa shape index (κ1) is 13.8. The van der Waals surface area contributed by atoms with Crippen molar-refractivity contribution in [1.29, 1.82) is 0 Å². The Kier molecular flexibility index (Phi) is 3.39. The summed E-state index contributed by atoms with van der Waals surface area (Å²) in [6, 6.07) is 9.72. The molecule has 5 heteroatoms. The number of rotatable bonds is 2. The molecule has 3 aliphatic rings. The van der Waals surface area contributed by atoms with E-state index >= 15 is 0 Å². The molecule has 116 valence electrons. The van der Waals surface area contributed by atoms with Crippen LogP contribution in [-0.2, 0) is 20.8 Å². The lowest BCUT2D eigenvalue weighted by atomic mass is 9.95. The van der Waals surface area contributed by atoms with E-state index in [9.17, 15) is 4.79 Å². The largest absolute Gasteiger partial charge is 0.445 e. The number of piperidine rings is 1. The number of benzene rings is 1. The Morgan fingerprint density at radius 3 is 2.41 bits per heavy atom. The van der Waals surface area contributed by atoms with Gasteiger partial charge in [-0.3, -0.25) is 4.90 Å². The first-order chi connectivity index (χ1) is 10.8. The maximum Gasteiger partial charge on any atom is 0.411 e. The Hall–Kier alpha value is -1.85. The molecule has 2 atom stereocenters. The number of amides is 1. The van der Waals surface area contributed by atoms with Crippen LogP contribution in [0, 0.1) is 0 Å². The summed E-state index contributed by atoms with van der Waals surface area (Å²) in [5.41, 5.74) is 0.993. The van der Waals surface area contributed by atoms with Crippen LogP contribution in [0.5, 0.6) is 0 Å². The monoisotopic (exact) mass is 301 g/mol. The van der Waals surface area contributed by atoms with E-state index in [4.69, 9.17) is 14.2 Å². The highest BCUT2D eigenvalue weighted by molar-refractivity contribution is 5.70. The third-order valence-electron chi connectivity index (χ3n) is 4.54. The van der Waals surface area contributed by atoms with Crippen LogP contribution in [0.15, 0.2) is 42.5 Å². The molecule has 1 spiro atoms. The van der Waals surface area contributed by atoms with E-state index < -0.39 is 5.79 Å². The zero-order valence-corrected chi connectivity index (χ0v) is 12.3. The van der Waals surface area contributed by atoms with Crippen LogP contribution in [0.3, 0.4) is 0 Å². The highest BCUT2D eigenvalue weighted by Crippen LogP contribution is 2.41. The molecular weight excluding hydrogens is 282 g/mol. The lowest BCUT2D eigenvalue weighted by Crippen LogP contribution is -2.54. The summed E-state index contributed by atoms with van der Waals surface area (Å²) in [6.07, 6.45) is 5.22. The summed E-state index contributed by atoms with van der Waals surface area (Å²) in [5.74, 6) is -0.505. The van der Waals surface area contributed by atoms with Crippen molar-refractivity contribution < 1.29 is 19.0 Å². The molecule has 22 heavy (non-hydrogen) atoms. The third kappa shape index (κ3) is 2.40. The van der Waals surface area contributed by atoms with Gasteiger partial charge in [0.25, 0.3) is 0 Å². The second kappa shape index (κ2) is 5.41. The molecule has 2 saturated heterocycles. The van der Waals surface area contributed by atoms with E-state index in [1.807, 2.05) is 30.3 Å². The summed E-state index contributed by atoms with van der Waals surface area (Å²) >= 11 is 0. The molecule has 3 aliphatic heterocycles. The Bertz CT molecular complexity index is 562. The van der Waals surface area contributed by atoms with Crippen LogP contribution < -0.4 is 0 Å². The molecule has 0 radical (unpaired) electrons. The molecule has 0 aromatic heterocycles. The van der Waals surface area contributed by atoms with E-state index in [-0.39, 0.29) is 18.2 Å². The maximum absolute atomic E-state index is 12.4. The molecule has 3 heterocycles. The van der Waals surface area contributed by atoms with Gasteiger partial charge in [-0.2, -0.15) is 0 Å². The number of hydrogen-bond donors (Lipinski definition) is 0. The molecule has 2 fully saturated rings. The van der Waals surface area contributed by atoms with Gasteiger partial charge in [0.1, 0.15) is 6.61 Å². The highest BCUT2D eigenvalue weighted by Gasteiger charge is 2.51. The lowest BCUT2D eigenvalue weighted by molar-refractivity contribution is -0.193. The number of ether oxygens (including phenoxy) is 3. The van der Waals surface area contributed by atoms with Gasteiger partial charge in [0, 0.05) is 12.8 Å². The lowest BCUT2D eigenvalue weighted by Gasteiger charge is -2.42. The number of fused-ring (bicyclic) bond motifs is 2. The minimum atomic E-state index is -0.505. The van der Waals surface area contributed by atoms with Gasteiger partial charge in [0.05, 0.1) is 25.3 Å². The van der Waals surface area contributed by atoms with Crippen molar-refractivity contribution in [2.75, 3.05) is 13.2 Å². The van der Waals surface area contributed by atoms with Crippen molar-refractivity contribution in [3.05, 3.63) is 48.0 Å². The zero-order valence-electron chi connectivity index (χ0n) is 12.3. The molecule has 0 aliphatic carbocycles. The molecule has 5 nitrogen and oxygen atoms in total. The van der Waals surface area contributed by atoms with Gasteiger partial charge in [-0.1, -0.05) is 42.5 Å². The summed E-state index contributed by atoms with van der Waals surface area (Å²) in [5, 5.41) is 0. The Morgan fingerprint density at radius 2 is 1.77 bits per heavy atom. The summed E-state index contributed by atoms with van der Waals surface area (Å²) in [6.45, 7) is 1.57. The van der Waals surface area contributed by atoms with Gasteiger partial charge in [0.15, 0.2) is 5.79 Å². The van der Waals surface area contributed by atoms with Crippen LogP contribution >= 0.6 is 0 Å². The first-order valence-electron chi connectivity index (χ1n) is 7.71. The fourth-order valence-corrected chi connectivity index (χ4v) is 3.54. The smallest absolute Gasteiger partial charge is 0.411 e. The molecule has 0 saturated carbocycles. The maximum atomic E-state index is 12.4. The van der Waals surface area contributed by atoms with Crippen molar-refractivity contribution in [3.8, 4) is 0 Å². The SMILES string of the molecule is O=C(OCc1ccccc1)N1[C@@H]2C=C[C@H]1CC1(C2)OCCO1. The van der Waals surface area contributed by atoms with Crippen molar-refractivity contribution in [2.24, 2.45) is 0 Å². The minimum Gasteiger partial charge on any atom is -0.445 e. The van der Waals surface area contributed by atoms with Crippen molar-refractivity contribution in [3.63, 3.8) is 0 Å². The van der Waals surface area contributed by atoms with Crippen LogP contribution in [-0.4, -0.2) is 42.1 Å². The van der Waals surface area contributed by atoms with Gasteiger partial charge < -0.3 is 14.2 Å². The normalized spacial score (nSPS) is 28.3. The topological polar surface area (TPSA) is 48.0 Å². The van der Waals surface area contributed by atoms with E-state index in [2.05, 4.69) is 12.2 Å². The van der Waals surface area contributed by atoms with E-state index in [0.717, 1.165) is 5.56 Å². The third-order valence-corrected chi connectivity index (χ3v) is 4.54. The molecule has 0 unspecified atom stereocenters. The number of hydrogen-bond acceptors (Lipinski definition) is 4. The Labute approximate surface area is 129 Å². The fraction of sp³-hybridized carbons (Fsp3) is 0.471. The predicted octanol–water partition coefficient (Wildman–Crippen LogP) is 2.47. The van der Waals surface area contributed by atoms with Crippen LogP contribution in [0.2, 0.25) is 0 Å². The van der Waals surface area contributed by atoms with Gasteiger partial charge in [-0.05, 0) is 5.56 Å². The zero-order chi connectivity index (χ0) is 15.0. The number of carbonyl (C=O) groups is 1. The molecule has 1 aromatic carbocycles. The number of carbonyl (C=O) groups excluding carboxylic acids is 1. The standard InChI is InChI=1S/C17H19NO4/c19-16(20-12-13-4-2-1-3-5-13)18-14-6-7-15(18)11-17(10-14)21-8-9-22-17/h1-7,14-15H,8-12H2/t14-,15+. The molecule has 1 aromatic rings. The van der Waals surface area contributed by atoms with Gasteiger partial charge in [-0.15, -0.1) is 0 Å². The number of nitrogens with zero attached hydrogens (tertiary/aromatic N) is 1. The summed E-state index contributed by atoms with van der Waals surface area (Å²) in [4.78, 5) is 14.2. The first-order valence-corrected chi connectivity index (χ1v) is 7.71. The van der Waals surface area contributed by atoms with Crippen LogP contribution in [0.4, 0.5) is 4.79 Å². The van der Waals surface area contributed by atoms with E-state index in [0.29, 0.717) is 32.7 Å². The van der Waals surface area contributed by atoms with Gasteiger partial charge in [-0.25, -0.2) is 4.79 Å². The van der Waals surface area contributed by atoms with Crippen LogP contribution in [0.1, 0.15) is 18.4 Å². The average Bonchev–Trinajstić information content (AvgIpc) is 3.09. The fourth-order valence-electron chi connectivity index (χ4n) is 3.54. The summed E-state index contributed by atoms with van der Waals surface area (Å²) < 4.78 is 17.0. The van der Waals surface area contributed by atoms with Crippen molar-refractivity contribution >= 4 is 6.09 Å². The molecule has 4 rings (SSSR count). The van der Waals surface area contributed by atoms with Gasteiger partial charge >= 0.3 is 6.09 Å².